The molecule has 1 atom stereocenters. The first-order valence-electron chi connectivity index (χ1n) is 6.32. The Morgan fingerprint density at radius 2 is 2.21 bits per heavy atom. The van der Waals surface area contributed by atoms with Crippen LogP contribution in [0.4, 0.5) is 0 Å². The van der Waals surface area contributed by atoms with Gasteiger partial charge in [-0.3, -0.25) is 4.79 Å². The number of carbonyl (C=O) groups is 1. The van der Waals surface area contributed by atoms with Crippen LogP contribution in [0.5, 0.6) is 0 Å². The number of hydrogen-bond donors (Lipinski definition) is 0. The maximum atomic E-state index is 12.4. The van der Waals surface area contributed by atoms with Gasteiger partial charge in [0.05, 0.1) is 6.26 Å². The first kappa shape index (κ1) is 12.5. The summed E-state index contributed by atoms with van der Waals surface area (Å²) in [5, 5.41) is 0. The molecule has 1 unspecified atom stereocenters. The third kappa shape index (κ3) is 2.59. The number of furan rings is 1. The third-order valence-corrected chi connectivity index (χ3v) is 3.99. The molecule has 0 spiro atoms. The van der Waals surface area contributed by atoms with Gasteiger partial charge in [0, 0.05) is 29.0 Å². The number of hydrogen-bond acceptors (Lipinski definition) is 2. The van der Waals surface area contributed by atoms with Crippen molar-refractivity contribution in [1.29, 1.82) is 0 Å². The van der Waals surface area contributed by atoms with Crippen LogP contribution < -0.4 is 0 Å². The topological polar surface area (TPSA) is 33.5 Å². The number of rotatable bonds is 2. The van der Waals surface area contributed by atoms with Crippen LogP contribution in [0.1, 0.15) is 28.5 Å². The fraction of sp³-hybridized carbons (Fsp3) is 0.267. The lowest BCUT2D eigenvalue weighted by Crippen LogP contribution is -2.28. The maximum Gasteiger partial charge on any atom is 0.253 e. The average molecular weight is 320 g/mol. The van der Waals surface area contributed by atoms with E-state index < -0.39 is 0 Å². The normalized spacial score (nSPS) is 18.8. The highest BCUT2D eigenvalue weighted by Gasteiger charge is 2.29. The molecule has 1 amide bonds. The minimum atomic E-state index is 0.0929. The van der Waals surface area contributed by atoms with Crippen molar-refractivity contribution in [3.05, 3.63) is 58.5 Å². The maximum absolute atomic E-state index is 12.4. The largest absolute Gasteiger partial charge is 0.469 e. The molecule has 1 saturated heterocycles. The highest BCUT2D eigenvalue weighted by Crippen LogP contribution is 2.28. The summed E-state index contributed by atoms with van der Waals surface area (Å²) in [6, 6.07) is 11.4. The second kappa shape index (κ2) is 5.21. The van der Waals surface area contributed by atoms with Gasteiger partial charge in [0.15, 0.2) is 0 Å². The SMILES string of the molecule is O=C(c1cccc(Br)c1)N1CCC(c2ccco2)C1. The monoisotopic (exact) mass is 319 g/mol. The first-order valence-corrected chi connectivity index (χ1v) is 7.11. The Morgan fingerprint density at radius 3 is 2.95 bits per heavy atom. The molecule has 1 aliphatic rings. The van der Waals surface area contributed by atoms with Gasteiger partial charge >= 0.3 is 0 Å². The zero-order chi connectivity index (χ0) is 13.2. The lowest BCUT2D eigenvalue weighted by Gasteiger charge is -2.16. The van der Waals surface area contributed by atoms with E-state index in [4.69, 9.17) is 4.42 Å². The van der Waals surface area contributed by atoms with Crippen molar-refractivity contribution in [2.45, 2.75) is 12.3 Å². The molecule has 0 saturated carbocycles. The van der Waals surface area contributed by atoms with Gasteiger partial charge < -0.3 is 9.32 Å². The Labute approximate surface area is 120 Å². The molecule has 3 rings (SSSR count). The fourth-order valence-electron chi connectivity index (χ4n) is 2.50. The molecule has 4 heteroatoms. The average Bonchev–Trinajstić information content (AvgIpc) is 3.08. The van der Waals surface area contributed by atoms with Crippen molar-refractivity contribution >= 4 is 21.8 Å². The van der Waals surface area contributed by atoms with Crippen molar-refractivity contribution in [2.75, 3.05) is 13.1 Å². The molecule has 1 fully saturated rings. The van der Waals surface area contributed by atoms with E-state index in [1.54, 1.807) is 6.26 Å². The molecular weight excluding hydrogens is 306 g/mol. The van der Waals surface area contributed by atoms with Gasteiger partial charge in [-0.05, 0) is 36.8 Å². The highest BCUT2D eigenvalue weighted by molar-refractivity contribution is 9.10. The van der Waals surface area contributed by atoms with Crippen LogP contribution in [-0.2, 0) is 0 Å². The van der Waals surface area contributed by atoms with E-state index >= 15 is 0 Å². The van der Waals surface area contributed by atoms with E-state index in [1.165, 1.54) is 0 Å². The van der Waals surface area contributed by atoms with E-state index in [2.05, 4.69) is 15.9 Å². The molecule has 2 aromatic rings. The summed E-state index contributed by atoms with van der Waals surface area (Å²) in [7, 11) is 0. The predicted octanol–water partition coefficient (Wildman–Crippen LogP) is 3.67. The van der Waals surface area contributed by atoms with Gasteiger partial charge in [-0.25, -0.2) is 0 Å². The lowest BCUT2D eigenvalue weighted by molar-refractivity contribution is 0.0790. The van der Waals surface area contributed by atoms with E-state index in [9.17, 15) is 4.79 Å². The third-order valence-electron chi connectivity index (χ3n) is 3.49. The fourth-order valence-corrected chi connectivity index (χ4v) is 2.90. The standard InChI is InChI=1S/C15H14BrNO2/c16-13-4-1-3-11(9-13)15(18)17-7-6-12(10-17)14-5-2-8-19-14/h1-5,8-9,12H,6-7,10H2. The smallest absolute Gasteiger partial charge is 0.253 e. The zero-order valence-corrected chi connectivity index (χ0v) is 12.0. The van der Waals surface area contributed by atoms with Crippen molar-refractivity contribution in [3.8, 4) is 0 Å². The quantitative estimate of drug-likeness (QED) is 0.846. The van der Waals surface area contributed by atoms with Crippen LogP contribution in [0.2, 0.25) is 0 Å². The molecule has 0 bridgehead atoms. The molecule has 3 nitrogen and oxygen atoms in total. The highest BCUT2D eigenvalue weighted by atomic mass is 79.9. The van der Waals surface area contributed by atoms with Crippen LogP contribution in [0.15, 0.2) is 51.6 Å². The van der Waals surface area contributed by atoms with E-state index in [1.807, 2.05) is 41.3 Å². The van der Waals surface area contributed by atoms with Crippen molar-refractivity contribution in [3.63, 3.8) is 0 Å². The van der Waals surface area contributed by atoms with Gasteiger partial charge in [0.2, 0.25) is 0 Å². The molecule has 0 radical (unpaired) electrons. The second-order valence-corrected chi connectivity index (χ2v) is 5.68. The van der Waals surface area contributed by atoms with Gasteiger partial charge in [-0.15, -0.1) is 0 Å². The van der Waals surface area contributed by atoms with Crippen LogP contribution in [0.25, 0.3) is 0 Å². The van der Waals surface area contributed by atoms with Crippen LogP contribution in [-0.4, -0.2) is 23.9 Å². The van der Waals surface area contributed by atoms with Gasteiger partial charge in [-0.1, -0.05) is 22.0 Å². The van der Waals surface area contributed by atoms with Crippen LogP contribution in [0.3, 0.4) is 0 Å². The number of benzene rings is 1. The van der Waals surface area contributed by atoms with E-state index in [0.29, 0.717) is 5.92 Å². The second-order valence-electron chi connectivity index (χ2n) is 4.76. The summed E-state index contributed by atoms with van der Waals surface area (Å²) in [6.45, 7) is 1.52. The molecule has 2 heterocycles. The summed E-state index contributed by atoms with van der Waals surface area (Å²) in [4.78, 5) is 14.3. The van der Waals surface area contributed by atoms with Crippen molar-refractivity contribution in [1.82, 2.24) is 4.90 Å². The summed E-state index contributed by atoms with van der Waals surface area (Å²) in [6.07, 6.45) is 2.65. The lowest BCUT2D eigenvalue weighted by atomic mass is 10.1. The molecule has 0 N–H and O–H groups in total. The van der Waals surface area contributed by atoms with Crippen molar-refractivity contribution in [2.24, 2.45) is 0 Å². The first-order chi connectivity index (χ1) is 9.24. The minimum absolute atomic E-state index is 0.0929. The van der Waals surface area contributed by atoms with Gasteiger partial charge in [-0.2, -0.15) is 0 Å². The summed E-state index contributed by atoms with van der Waals surface area (Å²) in [5.74, 6) is 1.39. The number of amides is 1. The Bertz CT molecular complexity index is 580. The molecule has 1 aromatic carbocycles. The molecule has 0 aliphatic carbocycles. The summed E-state index contributed by atoms with van der Waals surface area (Å²) in [5.41, 5.74) is 0.731. The minimum Gasteiger partial charge on any atom is -0.469 e. The van der Waals surface area contributed by atoms with E-state index in [-0.39, 0.29) is 5.91 Å². The Kier molecular flexibility index (Phi) is 3.42. The van der Waals surface area contributed by atoms with Crippen LogP contribution in [0, 0.1) is 0 Å². The number of halogens is 1. The number of carbonyl (C=O) groups excluding carboxylic acids is 1. The van der Waals surface area contributed by atoms with Crippen LogP contribution >= 0.6 is 15.9 Å². The molecule has 98 valence electrons. The Morgan fingerprint density at radius 1 is 1.32 bits per heavy atom. The van der Waals surface area contributed by atoms with E-state index in [0.717, 1.165) is 35.3 Å². The number of nitrogens with zero attached hydrogens (tertiary/aromatic N) is 1. The zero-order valence-electron chi connectivity index (χ0n) is 10.4. The molecular formula is C15H14BrNO2. The summed E-state index contributed by atoms with van der Waals surface area (Å²) < 4.78 is 6.36. The summed E-state index contributed by atoms with van der Waals surface area (Å²) >= 11 is 3.40. The van der Waals surface area contributed by atoms with Gasteiger partial charge in [0.25, 0.3) is 5.91 Å². The Balaban J connectivity index is 1.73. The molecule has 1 aromatic heterocycles. The number of likely N-dealkylation sites (tertiary alicyclic amines) is 1. The molecule has 1 aliphatic heterocycles. The van der Waals surface area contributed by atoms with Gasteiger partial charge in [0.1, 0.15) is 5.76 Å². The van der Waals surface area contributed by atoms with Crippen molar-refractivity contribution < 1.29 is 9.21 Å². The Hall–Kier alpha value is -1.55. The molecule has 19 heavy (non-hydrogen) atoms. The predicted molar refractivity (Wildman–Crippen MR) is 76.1 cm³/mol.